The van der Waals surface area contributed by atoms with Gasteiger partial charge in [-0.15, -0.1) is 11.6 Å². The van der Waals surface area contributed by atoms with Crippen molar-refractivity contribution in [3.63, 3.8) is 0 Å². The van der Waals surface area contributed by atoms with Crippen LogP contribution >= 0.6 is 11.6 Å². The molecule has 1 heterocycles. The number of ether oxygens (including phenoxy) is 3. The fourth-order valence-corrected chi connectivity index (χ4v) is 1.45. The van der Waals surface area contributed by atoms with Crippen molar-refractivity contribution in [3.8, 4) is 17.2 Å². The van der Waals surface area contributed by atoms with Crippen LogP contribution in [0.4, 0.5) is 0 Å². The molecule has 4 nitrogen and oxygen atoms in total. The normalized spacial score (nSPS) is 12.6. The van der Waals surface area contributed by atoms with E-state index in [1.54, 1.807) is 18.2 Å². The monoisotopic (exact) mass is 242 g/mol. The molecule has 0 saturated carbocycles. The molecule has 1 aliphatic rings. The van der Waals surface area contributed by atoms with Crippen molar-refractivity contribution in [2.45, 2.75) is 6.42 Å². The second kappa shape index (κ2) is 5.07. The van der Waals surface area contributed by atoms with E-state index in [9.17, 15) is 4.79 Å². The molecule has 0 aliphatic carbocycles. The topological polar surface area (TPSA) is 44.8 Å². The smallest absolute Gasteiger partial charge is 0.231 e. The van der Waals surface area contributed by atoms with Crippen LogP contribution in [0, 0.1) is 0 Å². The summed E-state index contributed by atoms with van der Waals surface area (Å²) in [5, 5.41) is 0. The Morgan fingerprint density at radius 1 is 1.38 bits per heavy atom. The summed E-state index contributed by atoms with van der Waals surface area (Å²) in [4.78, 5) is 10.9. The zero-order valence-electron chi connectivity index (χ0n) is 8.57. The Balaban J connectivity index is 1.88. The first-order chi connectivity index (χ1) is 7.79. The van der Waals surface area contributed by atoms with Gasteiger partial charge in [0, 0.05) is 12.5 Å². The van der Waals surface area contributed by atoms with Crippen molar-refractivity contribution >= 4 is 17.4 Å². The van der Waals surface area contributed by atoms with Crippen LogP contribution in [0.2, 0.25) is 0 Å². The molecule has 1 aromatic rings. The second-order valence-electron chi connectivity index (χ2n) is 3.29. The van der Waals surface area contributed by atoms with Gasteiger partial charge in [-0.25, -0.2) is 0 Å². The zero-order chi connectivity index (χ0) is 11.4. The molecule has 0 unspecified atom stereocenters. The molecule has 0 saturated heterocycles. The summed E-state index contributed by atoms with van der Waals surface area (Å²) in [6.45, 7) is 0.564. The summed E-state index contributed by atoms with van der Waals surface area (Å²) in [7, 11) is 0. The van der Waals surface area contributed by atoms with Gasteiger partial charge in [-0.05, 0) is 12.1 Å². The van der Waals surface area contributed by atoms with E-state index in [0.717, 1.165) is 0 Å². The molecule has 0 bridgehead atoms. The van der Waals surface area contributed by atoms with Gasteiger partial charge in [0.05, 0.1) is 12.5 Å². The van der Waals surface area contributed by atoms with Crippen molar-refractivity contribution in [2.75, 3.05) is 19.3 Å². The highest BCUT2D eigenvalue weighted by atomic mass is 35.5. The van der Waals surface area contributed by atoms with Crippen LogP contribution in [-0.2, 0) is 4.79 Å². The van der Waals surface area contributed by atoms with Crippen LogP contribution in [0.3, 0.4) is 0 Å². The molecule has 0 fully saturated rings. The molecule has 86 valence electrons. The number of hydrogen-bond donors (Lipinski definition) is 0. The van der Waals surface area contributed by atoms with E-state index < -0.39 is 0 Å². The minimum atomic E-state index is -0.0255. The largest absolute Gasteiger partial charge is 0.493 e. The van der Waals surface area contributed by atoms with Gasteiger partial charge in [-0.3, -0.25) is 4.79 Å². The maximum atomic E-state index is 10.9. The van der Waals surface area contributed by atoms with Gasteiger partial charge < -0.3 is 14.2 Å². The minimum Gasteiger partial charge on any atom is -0.493 e. The van der Waals surface area contributed by atoms with E-state index in [0.29, 0.717) is 30.3 Å². The van der Waals surface area contributed by atoms with E-state index in [1.807, 2.05) is 0 Å². The van der Waals surface area contributed by atoms with Crippen LogP contribution in [0.15, 0.2) is 18.2 Å². The number of carbonyl (C=O) groups excluding carboxylic acids is 1. The first-order valence-corrected chi connectivity index (χ1v) is 5.43. The first-order valence-electron chi connectivity index (χ1n) is 4.89. The Hall–Kier alpha value is -1.42. The van der Waals surface area contributed by atoms with E-state index >= 15 is 0 Å². The molecule has 16 heavy (non-hydrogen) atoms. The minimum absolute atomic E-state index is 0.0255. The molecule has 0 N–H and O–H groups in total. The molecule has 0 atom stereocenters. The van der Waals surface area contributed by atoms with Crippen LogP contribution < -0.4 is 14.2 Å². The summed E-state index contributed by atoms with van der Waals surface area (Å²) in [6.07, 6.45) is 0.317. The number of carbonyl (C=O) groups is 1. The van der Waals surface area contributed by atoms with Crippen molar-refractivity contribution in [3.05, 3.63) is 18.2 Å². The van der Waals surface area contributed by atoms with Gasteiger partial charge in [0.2, 0.25) is 6.79 Å². The van der Waals surface area contributed by atoms with E-state index in [2.05, 4.69) is 0 Å². The van der Waals surface area contributed by atoms with Crippen molar-refractivity contribution in [1.82, 2.24) is 0 Å². The number of alkyl halides is 1. The summed E-state index contributed by atoms with van der Waals surface area (Å²) in [5.41, 5.74) is 0. The number of benzene rings is 1. The molecule has 1 aromatic carbocycles. The van der Waals surface area contributed by atoms with Crippen molar-refractivity contribution < 1.29 is 19.0 Å². The Morgan fingerprint density at radius 3 is 3.00 bits per heavy atom. The number of ketones is 1. The van der Waals surface area contributed by atoms with E-state index in [1.165, 1.54) is 0 Å². The van der Waals surface area contributed by atoms with Gasteiger partial charge in [-0.1, -0.05) is 0 Å². The summed E-state index contributed by atoms with van der Waals surface area (Å²) in [6, 6.07) is 5.30. The van der Waals surface area contributed by atoms with Crippen molar-refractivity contribution in [2.24, 2.45) is 0 Å². The third-order valence-corrected chi connectivity index (χ3v) is 2.44. The lowest BCUT2D eigenvalue weighted by Gasteiger charge is -2.05. The average molecular weight is 243 g/mol. The number of Topliss-reactive ketones (excluding diaryl/α,β-unsaturated/α-hetero) is 1. The summed E-state index contributed by atoms with van der Waals surface area (Å²) < 4.78 is 15.8. The number of halogens is 1. The lowest BCUT2D eigenvalue weighted by atomic mass is 10.3. The highest BCUT2D eigenvalue weighted by molar-refractivity contribution is 6.27. The Morgan fingerprint density at radius 2 is 2.19 bits per heavy atom. The second-order valence-corrected chi connectivity index (χ2v) is 3.55. The fourth-order valence-electron chi connectivity index (χ4n) is 1.32. The van der Waals surface area contributed by atoms with E-state index in [-0.39, 0.29) is 18.5 Å². The predicted octanol–water partition coefficient (Wildman–Crippen LogP) is 1.99. The summed E-state index contributed by atoms with van der Waals surface area (Å²) >= 11 is 5.37. The number of hydrogen-bond acceptors (Lipinski definition) is 4. The number of rotatable bonds is 5. The molecule has 2 rings (SSSR count). The van der Waals surface area contributed by atoms with Crippen LogP contribution in [0.25, 0.3) is 0 Å². The van der Waals surface area contributed by atoms with Gasteiger partial charge in [0.25, 0.3) is 0 Å². The molecule has 0 amide bonds. The predicted molar refractivity (Wildman–Crippen MR) is 58.4 cm³/mol. The molecule has 0 radical (unpaired) electrons. The Labute approximate surface area is 98.1 Å². The Kier molecular flexibility index (Phi) is 3.51. The lowest BCUT2D eigenvalue weighted by molar-refractivity contribution is -0.117. The zero-order valence-corrected chi connectivity index (χ0v) is 9.33. The van der Waals surface area contributed by atoms with Crippen molar-refractivity contribution in [1.29, 1.82) is 0 Å². The summed E-state index contributed by atoms with van der Waals surface area (Å²) in [5.74, 6) is 2.05. The quantitative estimate of drug-likeness (QED) is 0.741. The highest BCUT2D eigenvalue weighted by Crippen LogP contribution is 2.35. The maximum absolute atomic E-state index is 10.9. The maximum Gasteiger partial charge on any atom is 0.231 e. The SMILES string of the molecule is O=C(CCl)CCOc1ccc2c(c1)OCO2. The number of fused-ring (bicyclic) bond motifs is 1. The van der Waals surface area contributed by atoms with Gasteiger partial charge in [0.1, 0.15) is 5.75 Å². The molecule has 0 aromatic heterocycles. The standard InChI is InChI=1S/C11H11ClO4/c12-6-8(13)3-4-14-9-1-2-10-11(5-9)16-7-15-10/h1-2,5H,3-4,6-7H2. The van der Waals surface area contributed by atoms with Gasteiger partial charge in [-0.2, -0.15) is 0 Å². The fraction of sp³-hybridized carbons (Fsp3) is 0.364. The first kappa shape index (κ1) is 11.1. The molecule has 0 spiro atoms. The lowest BCUT2D eigenvalue weighted by Crippen LogP contribution is -2.06. The molecular formula is C11H11ClO4. The third-order valence-electron chi connectivity index (χ3n) is 2.14. The molecule has 1 aliphatic heterocycles. The molecular weight excluding hydrogens is 232 g/mol. The van der Waals surface area contributed by atoms with Crippen LogP contribution in [-0.4, -0.2) is 25.1 Å². The molecule has 5 heteroatoms. The van der Waals surface area contributed by atoms with Gasteiger partial charge in [0.15, 0.2) is 17.3 Å². The highest BCUT2D eigenvalue weighted by Gasteiger charge is 2.13. The average Bonchev–Trinajstić information content (AvgIpc) is 2.76. The Bertz CT molecular complexity index is 392. The van der Waals surface area contributed by atoms with E-state index in [4.69, 9.17) is 25.8 Å². The van der Waals surface area contributed by atoms with Crippen LogP contribution in [0.5, 0.6) is 17.2 Å². The van der Waals surface area contributed by atoms with Crippen LogP contribution in [0.1, 0.15) is 6.42 Å². The third kappa shape index (κ3) is 2.58. The van der Waals surface area contributed by atoms with Gasteiger partial charge >= 0.3 is 0 Å².